The third-order valence-corrected chi connectivity index (χ3v) is 8.16. The summed E-state index contributed by atoms with van der Waals surface area (Å²) in [7, 11) is 0. The number of aryl methyl sites for hydroxylation is 1. The van der Waals surface area contributed by atoms with Crippen LogP contribution in [0.1, 0.15) is 48.8 Å². The quantitative estimate of drug-likeness (QED) is 0.520. The number of amides is 4. The molecular formula is C27H27BrFN3O6. The van der Waals surface area contributed by atoms with E-state index in [9.17, 15) is 23.6 Å². The second-order valence-electron chi connectivity index (χ2n) is 9.99. The molecule has 1 heterocycles. The van der Waals surface area contributed by atoms with Gasteiger partial charge in [0.05, 0.1) is 0 Å². The molecule has 1 saturated carbocycles. The Bertz CT molecular complexity index is 1280. The highest BCUT2D eigenvalue weighted by molar-refractivity contribution is 9.10. The first-order valence-corrected chi connectivity index (χ1v) is 13.3. The van der Waals surface area contributed by atoms with Gasteiger partial charge in [-0.3, -0.25) is 9.59 Å². The zero-order valence-corrected chi connectivity index (χ0v) is 22.1. The van der Waals surface area contributed by atoms with Gasteiger partial charge in [0.2, 0.25) is 11.5 Å². The molecule has 0 bridgehead atoms. The molecule has 38 heavy (non-hydrogen) atoms. The van der Waals surface area contributed by atoms with Crippen molar-refractivity contribution in [3.05, 3.63) is 69.4 Å². The number of nitrogens with one attached hydrogen (secondary N) is 1. The van der Waals surface area contributed by atoms with E-state index in [4.69, 9.17) is 9.84 Å². The second-order valence-corrected chi connectivity index (χ2v) is 10.9. The fraction of sp³-hybridized carbons (Fsp3) is 0.407. The van der Waals surface area contributed by atoms with Gasteiger partial charge in [-0.15, -0.1) is 0 Å². The number of hydrogen-bond acceptors (Lipinski definition) is 5. The van der Waals surface area contributed by atoms with E-state index < -0.39 is 42.0 Å². The molecule has 0 aromatic heterocycles. The van der Waals surface area contributed by atoms with E-state index in [1.54, 1.807) is 29.2 Å². The van der Waals surface area contributed by atoms with Crippen LogP contribution in [0.25, 0.3) is 0 Å². The average molecular weight is 588 g/mol. The molecule has 9 nitrogen and oxygen atoms in total. The molecule has 1 aliphatic heterocycles. The Morgan fingerprint density at radius 3 is 2.53 bits per heavy atom. The van der Waals surface area contributed by atoms with Crippen LogP contribution in [0.5, 0.6) is 0 Å². The topological polar surface area (TPSA) is 116 Å². The predicted molar refractivity (Wildman–Crippen MR) is 136 cm³/mol. The molecule has 5 rings (SSSR count). The van der Waals surface area contributed by atoms with Gasteiger partial charge in [0.25, 0.3) is 5.91 Å². The highest BCUT2D eigenvalue weighted by Crippen LogP contribution is 2.46. The van der Waals surface area contributed by atoms with Gasteiger partial charge in [-0.1, -0.05) is 34.1 Å². The number of fused-ring (bicyclic) bond motifs is 2. The molecule has 2 N–H and O–H groups in total. The lowest BCUT2D eigenvalue weighted by Gasteiger charge is -2.37. The van der Waals surface area contributed by atoms with E-state index >= 15 is 0 Å². The summed E-state index contributed by atoms with van der Waals surface area (Å²) in [6.45, 7) is -0.306. The van der Waals surface area contributed by atoms with Crippen molar-refractivity contribution in [3.8, 4) is 0 Å². The number of nitrogens with zero attached hydrogens (tertiary/aromatic N) is 2. The van der Waals surface area contributed by atoms with Gasteiger partial charge in [-0.05, 0) is 67.5 Å². The van der Waals surface area contributed by atoms with Gasteiger partial charge < -0.3 is 20.1 Å². The maximum absolute atomic E-state index is 13.6. The third kappa shape index (κ3) is 4.99. The summed E-state index contributed by atoms with van der Waals surface area (Å²) in [5.41, 5.74) is 0.836. The zero-order chi connectivity index (χ0) is 27.0. The van der Waals surface area contributed by atoms with Crippen LogP contribution in [0.4, 0.5) is 14.0 Å². The van der Waals surface area contributed by atoms with Crippen LogP contribution in [-0.2, 0) is 32.9 Å². The zero-order valence-electron chi connectivity index (χ0n) is 20.5. The molecule has 1 atom stereocenters. The SMILES string of the molecule is O=C(O)NC1CCC(N(Cc2ccc(F)cc2)C(=O)CN2C(=O)O[C@@]3(CCc4cc(Br)ccc43)C2=O)CC1. The average Bonchev–Trinajstić information content (AvgIpc) is 3.35. The molecule has 4 amide bonds. The molecule has 11 heteroatoms. The minimum atomic E-state index is -1.42. The molecule has 0 unspecified atom stereocenters. The number of benzene rings is 2. The smallest absolute Gasteiger partial charge is 0.418 e. The van der Waals surface area contributed by atoms with Crippen LogP contribution < -0.4 is 5.32 Å². The Kier molecular flexibility index (Phi) is 7.13. The molecule has 1 saturated heterocycles. The summed E-state index contributed by atoms with van der Waals surface area (Å²) < 4.78 is 20.0. The Morgan fingerprint density at radius 1 is 1.13 bits per heavy atom. The molecule has 2 fully saturated rings. The van der Waals surface area contributed by atoms with Crippen LogP contribution in [0, 0.1) is 5.82 Å². The van der Waals surface area contributed by atoms with Crippen molar-refractivity contribution in [1.82, 2.24) is 15.1 Å². The standard InChI is InChI=1S/C27H27BrFN3O6/c28-18-3-10-22-17(13-18)11-12-27(22)24(34)32(26(37)38-27)15-23(33)31(14-16-1-4-19(29)5-2-16)21-8-6-20(7-9-21)30-25(35)36/h1-5,10,13,20-21,30H,6-9,11-12,14-15H2,(H,35,36)/t20?,21?,27-/m1/s1. The largest absolute Gasteiger partial charge is 0.465 e. The molecule has 1 spiro atoms. The van der Waals surface area contributed by atoms with E-state index in [2.05, 4.69) is 21.2 Å². The minimum Gasteiger partial charge on any atom is -0.465 e. The minimum absolute atomic E-state index is 0.167. The number of carboxylic acid groups (broad SMARTS) is 1. The van der Waals surface area contributed by atoms with Crippen LogP contribution in [0.3, 0.4) is 0 Å². The van der Waals surface area contributed by atoms with E-state index in [1.807, 2.05) is 6.07 Å². The molecule has 200 valence electrons. The number of carbonyl (C=O) groups excluding carboxylic acids is 3. The highest BCUT2D eigenvalue weighted by atomic mass is 79.9. The molecule has 3 aliphatic rings. The van der Waals surface area contributed by atoms with E-state index in [0.717, 1.165) is 14.9 Å². The van der Waals surface area contributed by atoms with E-state index in [1.165, 1.54) is 12.1 Å². The normalized spacial score (nSPS) is 24.3. The lowest BCUT2D eigenvalue weighted by Crippen LogP contribution is -2.50. The van der Waals surface area contributed by atoms with E-state index in [0.29, 0.717) is 49.7 Å². The summed E-state index contributed by atoms with van der Waals surface area (Å²) >= 11 is 3.43. The van der Waals surface area contributed by atoms with Gasteiger partial charge >= 0.3 is 12.2 Å². The lowest BCUT2D eigenvalue weighted by atomic mass is 9.89. The van der Waals surface area contributed by atoms with Crippen molar-refractivity contribution < 1.29 is 33.4 Å². The number of imide groups is 1. The molecule has 2 aromatic rings. The maximum Gasteiger partial charge on any atom is 0.418 e. The fourth-order valence-corrected chi connectivity index (χ4v) is 6.17. The van der Waals surface area contributed by atoms with Gasteiger partial charge in [0, 0.05) is 35.1 Å². The second kappa shape index (κ2) is 10.4. The van der Waals surface area contributed by atoms with Crippen LogP contribution in [0.15, 0.2) is 46.9 Å². The van der Waals surface area contributed by atoms with Gasteiger partial charge in [-0.2, -0.15) is 0 Å². The maximum atomic E-state index is 13.6. The molecule has 0 radical (unpaired) electrons. The monoisotopic (exact) mass is 587 g/mol. The van der Waals surface area contributed by atoms with Crippen molar-refractivity contribution in [2.45, 2.75) is 62.8 Å². The first-order chi connectivity index (χ1) is 18.2. The van der Waals surface area contributed by atoms with E-state index in [-0.39, 0.29) is 18.6 Å². The third-order valence-electron chi connectivity index (χ3n) is 7.67. The Balaban J connectivity index is 1.35. The van der Waals surface area contributed by atoms with Crippen molar-refractivity contribution in [3.63, 3.8) is 0 Å². The van der Waals surface area contributed by atoms with Crippen LogP contribution >= 0.6 is 15.9 Å². The highest BCUT2D eigenvalue weighted by Gasteiger charge is 2.58. The Morgan fingerprint density at radius 2 is 1.84 bits per heavy atom. The van der Waals surface area contributed by atoms with Crippen molar-refractivity contribution in [1.29, 1.82) is 0 Å². The Labute approximate surface area is 227 Å². The predicted octanol–water partition coefficient (Wildman–Crippen LogP) is 4.32. The lowest BCUT2D eigenvalue weighted by molar-refractivity contribution is -0.143. The number of halogens is 2. The van der Waals surface area contributed by atoms with Crippen molar-refractivity contribution in [2.24, 2.45) is 0 Å². The summed E-state index contributed by atoms with van der Waals surface area (Å²) in [6.07, 6.45) is 1.12. The van der Waals surface area contributed by atoms with Gasteiger partial charge in [0.1, 0.15) is 12.4 Å². The number of carbonyl (C=O) groups is 4. The van der Waals surface area contributed by atoms with Gasteiger partial charge in [-0.25, -0.2) is 18.9 Å². The molecule has 2 aromatic carbocycles. The van der Waals surface area contributed by atoms with Crippen molar-refractivity contribution in [2.75, 3.05) is 6.54 Å². The van der Waals surface area contributed by atoms with Crippen molar-refractivity contribution >= 4 is 39.9 Å². The van der Waals surface area contributed by atoms with Crippen LogP contribution in [0.2, 0.25) is 0 Å². The Hall–Kier alpha value is -3.47. The first-order valence-electron chi connectivity index (χ1n) is 12.5. The fourth-order valence-electron chi connectivity index (χ4n) is 5.76. The number of rotatable bonds is 6. The van der Waals surface area contributed by atoms with Crippen LogP contribution in [-0.4, -0.2) is 57.5 Å². The summed E-state index contributed by atoms with van der Waals surface area (Å²) in [5, 5.41) is 11.5. The summed E-state index contributed by atoms with van der Waals surface area (Å²) in [5.74, 6) is -1.38. The first kappa shape index (κ1) is 26.1. The summed E-state index contributed by atoms with van der Waals surface area (Å²) in [6, 6.07) is 10.8. The molecule has 2 aliphatic carbocycles. The molecular weight excluding hydrogens is 561 g/mol. The summed E-state index contributed by atoms with van der Waals surface area (Å²) in [4.78, 5) is 53.6. The number of ether oxygens (including phenoxy) is 1. The van der Waals surface area contributed by atoms with Gasteiger partial charge in [0.15, 0.2) is 0 Å². The number of hydrogen-bond donors (Lipinski definition) is 2.